The van der Waals surface area contributed by atoms with Gasteiger partial charge in [-0.1, -0.05) is 23.8 Å². The number of carbonyl (C=O) groups excluding carboxylic acids is 2. The van der Waals surface area contributed by atoms with Crippen LogP contribution in [0, 0.1) is 20.8 Å². The van der Waals surface area contributed by atoms with Crippen molar-refractivity contribution in [2.45, 2.75) is 44.6 Å². The highest BCUT2D eigenvalue weighted by atomic mass is 32.2. The molecule has 2 N–H and O–H groups in total. The third kappa shape index (κ3) is 5.42. The maximum absolute atomic E-state index is 12.9. The van der Waals surface area contributed by atoms with Gasteiger partial charge in [0.1, 0.15) is 11.8 Å². The van der Waals surface area contributed by atoms with Crippen molar-refractivity contribution in [3.63, 3.8) is 0 Å². The number of nitrogens with one attached hydrogen (secondary N) is 2. The number of benzene rings is 2. The Morgan fingerprint density at radius 2 is 1.74 bits per heavy atom. The largest absolute Gasteiger partial charge is 0.484 e. The number of aryl methyl sites for hydroxylation is 3. The van der Waals surface area contributed by atoms with E-state index in [2.05, 4.69) is 10.9 Å². The molecular weight excluding hydrogens is 418 g/mol. The van der Waals surface area contributed by atoms with Crippen LogP contribution < -0.4 is 15.6 Å². The summed E-state index contributed by atoms with van der Waals surface area (Å²) in [6, 6.07) is 11.1. The minimum atomic E-state index is -3.81. The molecule has 9 heteroatoms. The Morgan fingerprint density at radius 1 is 1.03 bits per heavy atom. The van der Waals surface area contributed by atoms with Gasteiger partial charge in [-0.25, -0.2) is 8.42 Å². The van der Waals surface area contributed by atoms with Gasteiger partial charge in [-0.05, 0) is 69.0 Å². The van der Waals surface area contributed by atoms with Gasteiger partial charge in [0.2, 0.25) is 10.0 Å². The maximum atomic E-state index is 12.9. The summed E-state index contributed by atoms with van der Waals surface area (Å²) in [4.78, 5) is 24.8. The molecule has 3 rings (SSSR count). The second kappa shape index (κ2) is 9.49. The molecule has 31 heavy (non-hydrogen) atoms. The van der Waals surface area contributed by atoms with E-state index in [9.17, 15) is 18.0 Å². The van der Waals surface area contributed by atoms with Gasteiger partial charge >= 0.3 is 0 Å². The van der Waals surface area contributed by atoms with Crippen LogP contribution in [0.15, 0.2) is 47.4 Å². The number of amides is 2. The van der Waals surface area contributed by atoms with Crippen molar-refractivity contribution in [1.29, 1.82) is 0 Å². The Kier molecular flexibility index (Phi) is 6.97. The van der Waals surface area contributed by atoms with Gasteiger partial charge in [-0.15, -0.1) is 0 Å². The molecule has 2 amide bonds. The topological polar surface area (TPSA) is 105 Å². The molecule has 0 spiro atoms. The molecule has 2 aromatic carbocycles. The standard InChI is InChI=1S/C22H27N3O5S/c1-15-6-10-19(11-7-15)31(28,29)25-12-4-5-20(25)22(27)24-23-21(26)14-30-18-9-8-16(2)17(3)13-18/h6-11,13,20H,4-5,12,14H2,1-3H3,(H,23,26)(H,24,27)/t20-/m0/s1. The molecule has 0 unspecified atom stereocenters. The molecule has 166 valence electrons. The van der Waals surface area contributed by atoms with Gasteiger partial charge in [0, 0.05) is 6.54 Å². The van der Waals surface area contributed by atoms with Crippen LogP contribution in [0.4, 0.5) is 0 Å². The predicted molar refractivity (Wildman–Crippen MR) is 116 cm³/mol. The molecule has 0 aromatic heterocycles. The third-order valence-electron chi connectivity index (χ3n) is 5.31. The Labute approximate surface area is 182 Å². The van der Waals surface area contributed by atoms with Crippen LogP contribution in [0.5, 0.6) is 5.75 Å². The zero-order chi connectivity index (χ0) is 22.6. The van der Waals surface area contributed by atoms with E-state index in [-0.39, 0.29) is 18.0 Å². The summed E-state index contributed by atoms with van der Waals surface area (Å²) in [6.45, 7) is 5.76. The molecule has 1 aliphatic rings. The molecule has 0 saturated carbocycles. The van der Waals surface area contributed by atoms with Crippen molar-refractivity contribution in [2.75, 3.05) is 13.2 Å². The maximum Gasteiger partial charge on any atom is 0.276 e. The summed E-state index contributed by atoms with van der Waals surface area (Å²) in [5, 5.41) is 0. The van der Waals surface area contributed by atoms with Crippen LogP contribution in [0.25, 0.3) is 0 Å². The van der Waals surface area contributed by atoms with Crippen molar-refractivity contribution in [2.24, 2.45) is 0 Å². The molecule has 0 aliphatic carbocycles. The monoisotopic (exact) mass is 445 g/mol. The number of hydrazine groups is 1. The summed E-state index contributed by atoms with van der Waals surface area (Å²) in [6.07, 6.45) is 0.943. The molecule has 1 heterocycles. The van der Waals surface area contributed by atoms with Gasteiger partial charge in [0.15, 0.2) is 6.61 Å². The number of hydrogen-bond acceptors (Lipinski definition) is 5. The average Bonchev–Trinajstić information content (AvgIpc) is 3.24. The molecule has 8 nitrogen and oxygen atoms in total. The van der Waals surface area contributed by atoms with Crippen molar-refractivity contribution in [3.8, 4) is 5.75 Å². The molecule has 1 saturated heterocycles. The molecule has 0 bridgehead atoms. The van der Waals surface area contributed by atoms with Gasteiger partial charge < -0.3 is 4.74 Å². The summed E-state index contributed by atoms with van der Waals surface area (Å²) in [5.41, 5.74) is 7.71. The second-order valence-electron chi connectivity index (χ2n) is 7.66. The lowest BCUT2D eigenvalue weighted by atomic mass is 10.1. The van der Waals surface area contributed by atoms with Crippen LogP contribution in [0.1, 0.15) is 29.5 Å². The van der Waals surface area contributed by atoms with Crippen molar-refractivity contribution in [1.82, 2.24) is 15.2 Å². The summed E-state index contributed by atoms with van der Waals surface area (Å²) < 4.78 is 32.5. The lowest BCUT2D eigenvalue weighted by Crippen LogP contribution is -2.52. The fourth-order valence-electron chi connectivity index (χ4n) is 3.34. The SMILES string of the molecule is Cc1ccc(S(=O)(=O)N2CCC[C@H]2C(=O)NNC(=O)COc2ccc(C)c(C)c2)cc1. The highest BCUT2D eigenvalue weighted by Gasteiger charge is 2.39. The second-order valence-corrected chi connectivity index (χ2v) is 9.55. The van der Waals surface area contributed by atoms with E-state index in [0.29, 0.717) is 18.6 Å². The molecule has 1 atom stereocenters. The first kappa shape index (κ1) is 22.8. The van der Waals surface area contributed by atoms with E-state index in [4.69, 9.17) is 4.74 Å². The lowest BCUT2D eigenvalue weighted by molar-refractivity contribution is -0.131. The van der Waals surface area contributed by atoms with Gasteiger partial charge in [-0.2, -0.15) is 4.31 Å². The quantitative estimate of drug-likeness (QED) is 0.662. The van der Waals surface area contributed by atoms with E-state index in [1.54, 1.807) is 18.2 Å². The summed E-state index contributed by atoms with van der Waals surface area (Å²) >= 11 is 0. The van der Waals surface area contributed by atoms with Crippen LogP contribution in [0.2, 0.25) is 0 Å². The van der Waals surface area contributed by atoms with E-state index >= 15 is 0 Å². The number of ether oxygens (including phenoxy) is 1. The lowest BCUT2D eigenvalue weighted by Gasteiger charge is -2.23. The van der Waals surface area contributed by atoms with Gasteiger partial charge in [0.05, 0.1) is 4.90 Å². The van der Waals surface area contributed by atoms with Crippen LogP contribution in [0.3, 0.4) is 0 Å². The highest BCUT2D eigenvalue weighted by Crippen LogP contribution is 2.26. The first-order valence-electron chi connectivity index (χ1n) is 10.1. The molecule has 1 fully saturated rings. The molecule has 0 radical (unpaired) electrons. The number of hydrogen-bond donors (Lipinski definition) is 2. The normalized spacial score (nSPS) is 16.7. The Bertz CT molecular complexity index is 1070. The van der Waals surface area contributed by atoms with E-state index < -0.39 is 27.9 Å². The van der Waals surface area contributed by atoms with Crippen molar-refractivity contribution < 1.29 is 22.7 Å². The summed E-state index contributed by atoms with van der Waals surface area (Å²) in [7, 11) is -3.81. The number of sulfonamides is 1. The van der Waals surface area contributed by atoms with Crippen LogP contribution in [-0.2, 0) is 19.6 Å². The van der Waals surface area contributed by atoms with Gasteiger partial charge in [0.25, 0.3) is 11.8 Å². The molecule has 2 aromatic rings. The first-order chi connectivity index (χ1) is 14.7. The molecular formula is C22H27N3O5S. The fraction of sp³-hybridized carbons (Fsp3) is 0.364. The van der Waals surface area contributed by atoms with E-state index in [1.807, 2.05) is 32.9 Å². The Morgan fingerprint density at radius 3 is 2.42 bits per heavy atom. The Hall–Kier alpha value is -2.91. The Balaban J connectivity index is 1.56. The smallest absolute Gasteiger partial charge is 0.276 e. The first-order valence-corrected chi connectivity index (χ1v) is 11.5. The van der Waals surface area contributed by atoms with E-state index in [1.165, 1.54) is 16.4 Å². The minimum absolute atomic E-state index is 0.142. The van der Waals surface area contributed by atoms with Gasteiger partial charge in [-0.3, -0.25) is 20.4 Å². The number of nitrogens with zero attached hydrogens (tertiary/aromatic N) is 1. The van der Waals surface area contributed by atoms with Crippen LogP contribution in [-0.4, -0.2) is 43.7 Å². The van der Waals surface area contributed by atoms with E-state index in [0.717, 1.165) is 16.7 Å². The van der Waals surface area contributed by atoms with Crippen molar-refractivity contribution >= 4 is 21.8 Å². The van der Waals surface area contributed by atoms with Crippen molar-refractivity contribution in [3.05, 3.63) is 59.2 Å². The summed E-state index contributed by atoms with van der Waals surface area (Å²) in [5.74, 6) is -0.569. The number of carbonyl (C=O) groups is 2. The number of rotatable bonds is 6. The zero-order valence-corrected chi connectivity index (χ0v) is 18.7. The zero-order valence-electron chi connectivity index (χ0n) is 17.8. The molecule has 1 aliphatic heterocycles. The highest BCUT2D eigenvalue weighted by molar-refractivity contribution is 7.89. The fourth-order valence-corrected chi connectivity index (χ4v) is 5.00. The van der Waals surface area contributed by atoms with Crippen LogP contribution >= 0.6 is 0 Å². The average molecular weight is 446 g/mol. The third-order valence-corrected chi connectivity index (χ3v) is 7.23. The predicted octanol–water partition coefficient (Wildman–Crippen LogP) is 1.99. The minimum Gasteiger partial charge on any atom is -0.484 e.